The maximum atomic E-state index is 11.9. The Balaban J connectivity index is 2.34. The number of carbonyl (C=O) groups is 2. The minimum Gasteiger partial charge on any atom is -0.379 e. The van der Waals surface area contributed by atoms with Crippen molar-refractivity contribution in [3.63, 3.8) is 0 Å². The van der Waals surface area contributed by atoms with E-state index in [-0.39, 0.29) is 24.0 Å². The van der Waals surface area contributed by atoms with Gasteiger partial charge in [-0.25, -0.2) is 0 Å². The molecule has 1 heterocycles. The Bertz CT molecular complexity index is 305. The third-order valence-corrected chi connectivity index (χ3v) is 3.10. The molecule has 18 heavy (non-hydrogen) atoms. The second kappa shape index (κ2) is 6.73. The van der Waals surface area contributed by atoms with Gasteiger partial charge in [-0.1, -0.05) is 0 Å². The Morgan fingerprint density at radius 3 is 2.56 bits per heavy atom. The van der Waals surface area contributed by atoms with Crippen LogP contribution < -0.4 is 5.32 Å². The van der Waals surface area contributed by atoms with Gasteiger partial charge in [0.1, 0.15) is 12.1 Å². The molecule has 0 radical (unpaired) electrons. The van der Waals surface area contributed by atoms with Crippen LogP contribution in [0, 0.1) is 0 Å². The van der Waals surface area contributed by atoms with E-state index in [1.807, 2.05) is 13.8 Å². The molecule has 0 spiro atoms. The molecule has 1 fully saturated rings. The van der Waals surface area contributed by atoms with Crippen molar-refractivity contribution < 1.29 is 14.3 Å². The summed E-state index contributed by atoms with van der Waals surface area (Å²) in [5.41, 5.74) is 0. The van der Waals surface area contributed by atoms with Gasteiger partial charge in [0.25, 0.3) is 0 Å². The molecule has 5 nitrogen and oxygen atoms in total. The van der Waals surface area contributed by atoms with Gasteiger partial charge < -0.3 is 15.0 Å². The highest BCUT2D eigenvalue weighted by Gasteiger charge is 2.34. The number of carbonyl (C=O) groups excluding carboxylic acids is 2. The van der Waals surface area contributed by atoms with E-state index in [2.05, 4.69) is 5.32 Å². The van der Waals surface area contributed by atoms with Crippen LogP contribution in [0.3, 0.4) is 0 Å². The van der Waals surface area contributed by atoms with Crippen LogP contribution in [0.2, 0.25) is 0 Å². The normalized spacial score (nSPS) is 24.6. The third kappa shape index (κ3) is 3.98. The lowest BCUT2D eigenvalue weighted by Gasteiger charge is -2.36. The Morgan fingerprint density at radius 2 is 1.94 bits per heavy atom. The number of rotatable bonds is 6. The molecule has 1 rings (SSSR count). The molecule has 5 heteroatoms. The van der Waals surface area contributed by atoms with E-state index in [1.54, 1.807) is 18.7 Å². The van der Waals surface area contributed by atoms with Crippen molar-refractivity contribution >= 4 is 11.8 Å². The number of amides is 2. The van der Waals surface area contributed by atoms with Gasteiger partial charge in [-0.3, -0.25) is 9.59 Å². The zero-order chi connectivity index (χ0) is 13.7. The van der Waals surface area contributed by atoms with Crippen molar-refractivity contribution in [2.75, 3.05) is 13.2 Å². The summed E-state index contributed by atoms with van der Waals surface area (Å²) in [5.74, 6) is -0.0626. The van der Waals surface area contributed by atoms with E-state index < -0.39 is 6.04 Å². The summed E-state index contributed by atoms with van der Waals surface area (Å²) in [7, 11) is 0. The summed E-state index contributed by atoms with van der Waals surface area (Å²) in [6.07, 6.45) is 2.01. The maximum Gasteiger partial charge on any atom is 0.245 e. The minimum atomic E-state index is -0.402. The summed E-state index contributed by atoms with van der Waals surface area (Å²) in [5, 5.41) is 2.67. The molecular weight excluding hydrogens is 232 g/mol. The highest BCUT2D eigenvalue weighted by molar-refractivity contribution is 5.96. The van der Waals surface area contributed by atoms with Crippen LogP contribution in [0.25, 0.3) is 0 Å². The fraction of sp³-hybridized carbons (Fsp3) is 0.846. The molecule has 1 N–H and O–H groups in total. The fourth-order valence-corrected chi connectivity index (χ4v) is 1.98. The maximum absolute atomic E-state index is 11.9. The summed E-state index contributed by atoms with van der Waals surface area (Å²) < 4.78 is 5.44. The van der Waals surface area contributed by atoms with Crippen LogP contribution in [0.4, 0.5) is 0 Å². The average molecular weight is 256 g/mol. The minimum absolute atomic E-state index is 0.00637. The summed E-state index contributed by atoms with van der Waals surface area (Å²) in [6, 6.07) is -0.764. The number of ether oxygens (including phenoxy) is 1. The van der Waals surface area contributed by atoms with E-state index in [0.29, 0.717) is 13.2 Å². The molecule has 1 saturated heterocycles. The second-order valence-corrected chi connectivity index (χ2v) is 5.06. The Morgan fingerprint density at radius 1 is 1.28 bits per heavy atom. The molecule has 1 aliphatic heterocycles. The number of unbranched alkanes of at least 4 members (excludes halogenated alkanes) is 1. The van der Waals surface area contributed by atoms with Crippen molar-refractivity contribution in [3.05, 3.63) is 0 Å². The zero-order valence-corrected chi connectivity index (χ0v) is 11.7. The van der Waals surface area contributed by atoms with Gasteiger partial charge in [0, 0.05) is 13.2 Å². The predicted molar refractivity (Wildman–Crippen MR) is 69.1 cm³/mol. The van der Waals surface area contributed by atoms with Crippen molar-refractivity contribution in [1.82, 2.24) is 10.2 Å². The van der Waals surface area contributed by atoms with Crippen molar-refractivity contribution in [2.45, 2.75) is 58.7 Å². The van der Waals surface area contributed by atoms with Crippen molar-refractivity contribution in [1.29, 1.82) is 0 Å². The largest absolute Gasteiger partial charge is 0.379 e. The Hall–Kier alpha value is -1.10. The van der Waals surface area contributed by atoms with Crippen LogP contribution in [0.1, 0.15) is 40.5 Å². The first-order valence-electron chi connectivity index (χ1n) is 6.66. The molecule has 1 aliphatic rings. The molecule has 0 bridgehead atoms. The summed E-state index contributed by atoms with van der Waals surface area (Å²) in [4.78, 5) is 25.2. The first-order chi connectivity index (χ1) is 8.43. The quantitative estimate of drug-likeness (QED) is 0.719. The van der Waals surface area contributed by atoms with E-state index >= 15 is 0 Å². The zero-order valence-electron chi connectivity index (χ0n) is 11.7. The van der Waals surface area contributed by atoms with Crippen molar-refractivity contribution in [3.8, 4) is 0 Å². The average Bonchev–Trinajstić information content (AvgIpc) is 2.30. The number of piperazine rings is 1. The highest BCUT2D eigenvalue weighted by Crippen LogP contribution is 2.11. The molecule has 0 aromatic heterocycles. The lowest BCUT2D eigenvalue weighted by molar-refractivity contribution is -0.148. The standard InChI is InChI=1S/C13H24N2O3/c1-9(2)18-8-6-5-7-15-11(4)12(16)14-10(3)13(15)17/h9-11H,5-8H2,1-4H3,(H,14,16). The third-order valence-electron chi connectivity index (χ3n) is 3.10. The van der Waals surface area contributed by atoms with Gasteiger partial charge in [0.05, 0.1) is 6.10 Å². The number of hydrogen-bond acceptors (Lipinski definition) is 3. The Kier molecular flexibility index (Phi) is 5.59. The molecule has 0 aromatic carbocycles. The number of nitrogens with zero attached hydrogens (tertiary/aromatic N) is 1. The molecule has 0 aliphatic carbocycles. The monoisotopic (exact) mass is 256 g/mol. The summed E-state index contributed by atoms with van der Waals surface area (Å²) >= 11 is 0. The van der Waals surface area contributed by atoms with Crippen LogP contribution in [0.5, 0.6) is 0 Å². The van der Waals surface area contributed by atoms with E-state index in [0.717, 1.165) is 12.8 Å². The number of nitrogens with one attached hydrogen (secondary N) is 1. The summed E-state index contributed by atoms with van der Waals surface area (Å²) in [6.45, 7) is 8.82. The highest BCUT2D eigenvalue weighted by atomic mass is 16.5. The van der Waals surface area contributed by atoms with Gasteiger partial charge >= 0.3 is 0 Å². The molecule has 2 atom stereocenters. The predicted octanol–water partition coefficient (Wildman–Crippen LogP) is 0.927. The smallest absolute Gasteiger partial charge is 0.245 e. The molecule has 0 aromatic rings. The van der Waals surface area contributed by atoms with Crippen molar-refractivity contribution in [2.24, 2.45) is 0 Å². The van der Waals surface area contributed by atoms with Gasteiger partial charge in [0.15, 0.2) is 0 Å². The lowest BCUT2D eigenvalue weighted by atomic mass is 10.1. The fourth-order valence-electron chi connectivity index (χ4n) is 1.98. The molecule has 104 valence electrons. The second-order valence-electron chi connectivity index (χ2n) is 5.06. The Labute approximate surface area is 109 Å². The molecule has 2 amide bonds. The van der Waals surface area contributed by atoms with Crippen LogP contribution in [0.15, 0.2) is 0 Å². The topological polar surface area (TPSA) is 58.6 Å². The van der Waals surface area contributed by atoms with Crippen LogP contribution in [-0.2, 0) is 14.3 Å². The lowest BCUT2D eigenvalue weighted by Crippen LogP contribution is -2.61. The molecule has 0 saturated carbocycles. The molecule has 2 unspecified atom stereocenters. The first-order valence-corrected chi connectivity index (χ1v) is 6.66. The number of hydrogen-bond donors (Lipinski definition) is 1. The van der Waals surface area contributed by atoms with Gasteiger partial charge in [-0.2, -0.15) is 0 Å². The first kappa shape index (κ1) is 15.0. The SMILES string of the molecule is CC(C)OCCCCN1C(=O)C(C)NC(=O)C1C. The van der Waals surface area contributed by atoms with E-state index in [1.165, 1.54) is 0 Å². The van der Waals surface area contributed by atoms with E-state index in [9.17, 15) is 9.59 Å². The van der Waals surface area contributed by atoms with Gasteiger partial charge in [-0.05, 0) is 40.5 Å². The van der Waals surface area contributed by atoms with Crippen LogP contribution >= 0.6 is 0 Å². The van der Waals surface area contributed by atoms with Crippen LogP contribution in [-0.4, -0.2) is 48.1 Å². The van der Waals surface area contributed by atoms with E-state index in [4.69, 9.17) is 4.74 Å². The molecular formula is C13H24N2O3. The van der Waals surface area contributed by atoms with Gasteiger partial charge in [0.2, 0.25) is 11.8 Å². The van der Waals surface area contributed by atoms with Gasteiger partial charge in [-0.15, -0.1) is 0 Å².